The molecule has 0 unspecified atom stereocenters. The van der Waals surface area contributed by atoms with Crippen LogP contribution in [0.1, 0.15) is 39.9 Å². The predicted molar refractivity (Wildman–Crippen MR) is 237 cm³/mol. The van der Waals surface area contributed by atoms with Crippen LogP contribution in [-0.2, 0) is 11.8 Å². The molecule has 1 spiro atoms. The van der Waals surface area contributed by atoms with Crippen molar-refractivity contribution in [3.63, 3.8) is 0 Å². The molecule has 1 aromatic heterocycles. The molecule has 3 aliphatic rings. The van der Waals surface area contributed by atoms with Gasteiger partial charge >= 0.3 is 0 Å². The van der Waals surface area contributed by atoms with Crippen LogP contribution < -0.4 is 4.90 Å². The van der Waals surface area contributed by atoms with E-state index in [1.165, 1.54) is 89.2 Å². The molecule has 0 saturated carbocycles. The minimum Gasteiger partial charge on any atom is -0.313 e. The molecule has 1 heterocycles. The minimum atomic E-state index is -0.412. The van der Waals surface area contributed by atoms with Crippen molar-refractivity contribution in [2.75, 3.05) is 4.90 Å². The smallest absolute Gasteiger partial charge is 0.0726 e. The Kier molecular flexibility index (Phi) is 7.00. The van der Waals surface area contributed by atoms with Gasteiger partial charge in [-0.2, -0.15) is 0 Å². The van der Waals surface area contributed by atoms with E-state index in [1.807, 2.05) is 0 Å². The van der Waals surface area contributed by atoms with Gasteiger partial charge in [-0.25, -0.2) is 0 Å². The van der Waals surface area contributed by atoms with Gasteiger partial charge in [0.05, 0.1) is 16.6 Å². The van der Waals surface area contributed by atoms with Gasteiger partial charge in [-0.3, -0.25) is 0 Å². The lowest BCUT2D eigenvalue weighted by atomic mass is 9.70. The van der Waals surface area contributed by atoms with E-state index in [9.17, 15) is 0 Å². The molecule has 8 aromatic carbocycles. The summed E-state index contributed by atoms with van der Waals surface area (Å²) in [4.78, 5) is 2.48. The van der Waals surface area contributed by atoms with Gasteiger partial charge in [-0.1, -0.05) is 158 Å². The van der Waals surface area contributed by atoms with Gasteiger partial charge in [0.15, 0.2) is 0 Å². The highest BCUT2D eigenvalue weighted by molar-refractivity contribution is 6.01. The van der Waals surface area contributed by atoms with Gasteiger partial charge in [0.1, 0.15) is 0 Å². The third-order valence-electron chi connectivity index (χ3n) is 12.7. The van der Waals surface area contributed by atoms with Crippen molar-refractivity contribution < 1.29 is 0 Å². The fraction of sp³-hybridized carbons (Fsp3) is 0.0545. The van der Waals surface area contributed by atoms with Crippen LogP contribution in [0.5, 0.6) is 0 Å². The van der Waals surface area contributed by atoms with Crippen molar-refractivity contribution in [1.82, 2.24) is 4.57 Å². The van der Waals surface area contributed by atoms with Gasteiger partial charge in [0.25, 0.3) is 0 Å². The summed E-state index contributed by atoms with van der Waals surface area (Å²) in [6.07, 6.45) is 6.72. The molecule has 0 aliphatic heterocycles. The first-order chi connectivity index (χ1) is 28.3. The topological polar surface area (TPSA) is 8.17 Å². The van der Waals surface area contributed by atoms with E-state index in [4.69, 9.17) is 0 Å². The second-order valence-electron chi connectivity index (χ2n) is 15.5. The van der Waals surface area contributed by atoms with Gasteiger partial charge in [-0.15, -0.1) is 0 Å². The molecule has 0 saturated heterocycles. The highest BCUT2D eigenvalue weighted by Gasteiger charge is 2.52. The van der Waals surface area contributed by atoms with E-state index in [0.717, 1.165) is 24.2 Å². The maximum Gasteiger partial charge on any atom is 0.0726 e. The zero-order valence-electron chi connectivity index (χ0n) is 31.4. The van der Waals surface area contributed by atoms with Crippen molar-refractivity contribution in [3.05, 3.63) is 234 Å². The molecule has 0 radical (unpaired) electrons. The van der Waals surface area contributed by atoms with Crippen LogP contribution in [0.25, 0.3) is 56.0 Å². The molecular formula is C55H38N2. The molecule has 0 bridgehead atoms. The van der Waals surface area contributed by atoms with Gasteiger partial charge in [0, 0.05) is 39.3 Å². The number of fused-ring (bicyclic) bond motifs is 13. The quantitative estimate of drug-likeness (QED) is 0.171. The van der Waals surface area contributed by atoms with Crippen molar-refractivity contribution in [1.29, 1.82) is 0 Å². The number of benzene rings is 8. The van der Waals surface area contributed by atoms with Gasteiger partial charge in [-0.05, 0) is 111 Å². The predicted octanol–water partition coefficient (Wildman–Crippen LogP) is 14.1. The van der Waals surface area contributed by atoms with E-state index in [2.05, 4.69) is 216 Å². The van der Waals surface area contributed by atoms with E-state index in [-0.39, 0.29) is 0 Å². The molecule has 0 fully saturated rings. The zero-order chi connectivity index (χ0) is 37.5. The van der Waals surface area contributed by atoms with E-state index < -0.39 is 5.41 Å². The lowest BCUT2D eigenvalue weighted by Gasteiger charge is -2.32. The second kappa shape index (κ2) is 12.4. The Labute approximate surface area is 333 Å². The Bertz CT molecular complexity index is 3010. The lowest BCUT2D eigenvalue weighted by molar-refractivity contribution is 0.794. The second-order valence-corrected chi connectivity index (χ2v) is 15.5. The average Bonchev–Trinajstić information content (AvgIpc) is 3.90. The lowest BCUT2D eigenvalue weighted by Crippen LogP contribution is -2.26. The Hall–Kier alpha value is -7.16. The standard InChI is InChI=1S/C55H38N2/c1-2-15-37(16-3-1)38-29-31-39(32-30-38)56(40-33-35-41(36-34-40)57-51-26-12-7-19-44(51)45-20-8-13-27-52(45)57)53-28-14-25-50-54(53)46-21-6-11-24-49(46)55(50)47-22-9-4-17-42(47)43-18-5-10-23-48(43)55/h1-12,14-26,28-36H,13,27H2. The number of para-hydroxylation sites is 1. The van der Waals surface area contributed by atoms with Crippen molar-refractivity contribution in [2.24, 2.45) is 0 Å². The van der Waals surface area contributed by atoms with Crippen molar-refractivity contribution >= 4 is 34.0 Å². The number of hydrogen-bond acceptors (Lipinski definition) is 1. The monoisotopic (exact) mass is 726 g/mol. The third kappa shape index (κ3) is 4.53. The van der Waals surface area contributed by atoms with Crippen molar-refractivity contribution in [2.45, 2.75) is 18.3 Å². The number of anilines is 3. The molecule has 0 amide bonds. The summed E-state index contributed by atoms with van der Waals surface area (Å²) < 4.78 is 2.48. The fourth-order valence-electron chi connectivity index (χ4n) is 10.4. The summed E-state index contributed by atoms with van der Waals surface area (Å²) in [6.45, 7) is 0. The van der Waals surface area contributed by atoms with Crippen LogP contribution in [-0.4, -0.2) is 4.57 Å². The molecule has 2 heteroatoms. The van der Waals surface area contributed by atoms with Crippen molar-refractivity contribution in [3.8, 4) is 39.1 Å². The highest BCUT2D eigenvalue weighted by Crippen LogP contribution is 2.64. The molecule has 9 aromatic rings. The summed E-state index contributed by atoms with van der Waals surface area (Å²) in [6, 6.07) is 72.0. The minimum absolute atomic E-state index is 0.412. The molecule has 3 aliphatic carbocycles. The first-order valence-electron chi connectivity index (χ1n) is 20.1. The SMILES string of the molecule is C1=Cc2c(n(-c3ccc(N(c4ccc(-c5ccccc5)cc4)c4cccc5c4-c4ccccc4C54c5ccccc5-c5ccccc54)cc3)c3ccccc23)CC1. The average molecular weight is 727 g/mol. The van der Waals surface area contributed by atoms with Crippen LogP contribution in [0.15, 0.2) is 200 Å². The molecule has 0 N–H and O–H groups in total. The van der Waals surface area contributed by atoms with Gasteiger partial charge < -0.3 is 9.47 Å². The summed E-state index contributed by atoms with van der Waals surface area (Å²) in [7, 11) is 0. The summed E-state index contributed by atoms with van der Waals surface area (Å²) in [5, 5.41) is 1.31. The third-order valence-corrected chi connectivity index (χ3v) is 12.7. The van der Waals surface area contributed by atoms with Crippen LogP contribution >= 0.6 is 0 Å². The summed E-state index contributed by atoms with van der Waals surface area (Å²) in [5.74, 6) is 0. The van der Waals surface area contributed by atoms with E-state index >= 15 is 0 Å². The molecule has 12 rings (SSSR count). The molecule has 57 heavy (non-hydrogen) atoms. The summed E-state index contributed by atoms with van der Waals surface area (Å²) >= 11 is 0. The molecule has 2 nitrogen and oxygen atoms in total. The number of allylic oxidation sites excluding steroid dienone is 1. The summed E-state index contributed by atoms with van der Waals surface area (Å²) in [5.41, 5.74) is 21.2. The largest absolute Gasteiger partial charge is 0.313 e. The van der Waals surface area contributed by atoms with Crippen LogP contribution in [0.4, 0.5) is 17.1 Å². The Morgan fingerprint density at radius 2 is 1.02 bits per heavy atom. The van der Waals surface area contributed by atoms with Gasteiger partial charge in [0.2, 0.25) is 0 Å². The Balaban J connectivity index is 1.08. The van der Waals surface area contributed by atoms with E-state index in [0.29, 0.717) is 0 Å². The molecule has 0 atom stereocenters. The maximum absolute atomic E-state index is 2.48. The van der Waals surface area contributed by atoms with Crippen LogP contribution in [0, 0.1) is 0 Å². The fourth-order valence-corrected chi connectivity index (χ4v) is 10.4. The Morgan fingerprint density at radius 1 is 0.456 bits per heavy atom. The van der Waals surface area contributed by atoms with Crippen LogP contribution in [0.3, 0.4) is 0 Å². The van der Waals surface area contributed by atoms with E-state index in [1.54, 1.807) is 0 Å². The number of rotatable bonds is 5. The molecule has 268 valence electrons. The number of aromatic nitrogens is 1. The first kappa shape index (κ1) is 32.1. The number of hydrogen-bond donors (Lipinski definition) is 0. The maximum atomic E-state index is 2.48. The highest BCUT2D eigenvalue weighted by atomic mass is 15.1. The number of nitrogens with zero attached hydrogens (tertiary/aromatic N) is 2. The zero-order valence-corrected chi connectivity index (χ0v) is 31.4. The van der Waals surface area contributed by atoms with Crippen LogP contribution in [0.2, 0.25) is 0 Å². The first-order valence-corrected chi connectivity index (χ1v) is 20.1. The normalized spacial score (nSPS) is 13.9. The Morgan fingerprint density at radius 3 is 1.74 bits per heavy atom. The molecular weight excluding hydrogens is 689 g/mol.